The number of rotatable bonds is 3. The quantitative estimate of drug-likeness (QED) is 0.756. The second kappa shape index (κ2) is 5.78. The van der Waals surface area contributed by atoms with Crippen LogP contribution in [0.1, 0.15) is 37.4 Å². The summed E-state index contributed by atoms with van der Waals surface area (Å²) in [5.41, 5.74) is 7.48. The normalized spacial score (nSPS) is 18.3. The fourth-order valence-electron chi connectivity index (χ4n) is 2.62. The van der Waals surface area contributed by atoms with Crippen LogP contribution in [0.25, 0.3) is 0 Å². The van der Waals surface area contributed by atoms with Gasteiger partial charge in [-0.1, -0.05) is 28.1 Å². The van der Waals surface area contributed by atoms with Gasteiger partial charge in [0, 0.05) is 10.2 Å². The van der Waals surface area contributed by atoms with Gasteiger partial charge in [-0.3, -0.25) is 4.79 Å². The van der Waals surface area contributed by atoms with Crippen LogP contribution in [0.5, 0.6) is 0 Å². The minimum atomic E-state index is -0.808. The highest BCUT2D eigenvalue weighted by molar-refractivity contribution is 9.10. The van der Waals surface area contributed by atoms with Crippen LogP contribution < -0.4 is 11.1 Å². The lowest BCUT2D eigenvalue weighted by Crippen LogP contribution is -2.31. The molecule has 1 aliphatic heterocycles. The van der Waals surface area contributed by atoms with Gasteiger partial charge in [-0.15, -0.1) is 0 Å². The third-order valence-electron chi connectivity index (χ3n) is 3.69. The Morgan fingerprint density at radius 2 is 2.09 bits per heavy atom. The van der Waals surface area contributed by atoms with E-state index in [-0.39, 0.29) is 5.82 Å². The molecule has 0 fully saturated rings. The Labute approximate surface area is 141 Å². The van der Waals surface area contributed by atoms with Crippen molar-refractivity contribution in [1.29, 1.82) is 0 Å². The number of aromatic nitrogens is 3. The van der Waals surface area contributed by atoms with Gasteiger partial charge in [0.25, 0.3) is 0 Å². The van der Waals surface area contributed by atoms with Crippen LogP contribution in [0.4, 0.5) is 5.95 Å². The number of hydrogen-bond donors (Lipinski definition) is 3. The number of fused-ring (bicyclic) bond motifs is 1. The number of aliphatic hydroxyl groups is 1. The number of anilines is 1. The van der Waals surface area contributed by atoms with Crippen molar-refractivity contribution in [2.45, 2.75) is 26.0 Å². The molecule has 3 rings (SSSR count). The second-order valence-corrected chi connectivity index (χ2v) is 6.31. The second-order valence-electron chi connectivity index (χ2n) is 5.40. The Morgan fingerprint density at radius 3 is 2.65 bits per heavy atom. The fourth-order valence-corrected chi connectivity index (χ4v) is 2.88. The van der Waals surface area contributed by atoms with Gasteiger partial charge in [0.15, 0.2) is 5.82 Å². The minimum absolute atomic E-state index is 0.285. The number of halogens is 1. The molecule has 1 aromatic heterocycles. The summed E-state index contributed by atoms with van der Waals surface area (Å²) < 4.78 is 2.51. The van der Waals surface area contributed by atoms with Crippen molar-refractivity contribution in [2.75, 3.05) is 5.32 Å². The Bertz CT molecular complexity index is 795. The van der Waals surface area contributed by atoms with Crippen molar-refractivity contribution < 1.29 is 9.90 Å². The molecular formula is C15H16BrN5O2. The van der Waals surface area contributed by atoms with Crippen molar-refractivity contribution in [2.24, 2.45) is 5.73 Å². The summed E-state index contributed by atoms with van der Waals surface area (Å²) in [6.07, 6.45) is -0.808. The van der Waals surface area contributed by atoms with E-state index in [1.54, 1.807) is 18.5 Å². The van der Waals surface area contributed by atoms with Crippen LogP contribution in [-0.4, -0.2) is 25.8 Å². The molecule has 0 saturated heterocycles. The summed E-state index contributed by atoms with van der Waals surface area (Å²) >= 11 is 3.40. The van der Waals surface area contributed by atoms with Gasteiger partial charge < -0.3 is 16.2 Å². The maximum absolute atomic E-state index is 12.0. The van der Waals surface area contributed by atoms with E-state index in [1.807, 2.05) is 24.3 Å². The van der Waals surface area contributed by atoms with Gasteiger partial charge in [-0.05, 0) is 31.5 Å². The summed E-state index contributed by atoms with van der Waals surface area (Å²) in [5, 5.41) is 17.1. The van der Waals surface area contributed by atoms with E-state index in [0.29, 0.717) is 17.2 Å². The third kappa shape index (κ3) is 2.75. The summed E-state index contributed by atoms with van der Waals surface area (Å²) in [7, 11) is 0. The lowest BCUT2D eigenvalue weighted by atomic mass is 9.95. The molecule has 2 unspecified atom stereocenters. The molecule has 2 heterocycles. The Kier molecular flexibility index (Phi) is 3.95. The predicted octanol–water partition coefficient (Wildman–Crippen LogP) is 1.87. The Hall–Kier alpha value is -2.19. The first-order valence-corrected chi connectivity index (χ1v) is 7.85. The number of nitrogens with two attached hydrogens (primary N) is 1. The highest BCUT2D eigenvalue weighted by atomic mass is 79.9. The molecule has 4 N–H and O–H groups in total. The first-order chi connectivity index (χ1) is 10.9. The highest BCUT2D eigenvalue weighted by Gasteiger charge is 2.33. The number of allylic oxidation sites excluding steroid dienone is 1. The zero-order chi connectivity index (χ0) is 16.7. The van der Waals surface area contributed by atoms with E-state index in [1.165, 1.54) is 0 Å². The maximum Gasteiger partial charge on any atom is 0.248 e. The summed E-state index contributed by atoms with van der Waals surface area (Å²) in [4.78, 5) is 16.3. The molecule has 1 amide bonds. The maximum atomic E-state index is 12.0. The number of carbonyl (C=O) groups is 1. The number of benzene rings is 1. The average molecular weight is 378 g/mol. The van der Waals surface area contributed by atoms with Gasteiger partial charge in [0.05, 0.1) is 5.57 Å². The van der Waals surface area contributed by atoms with Crippen molar-refractivity contribution in [3.63, 3.8) is 0 Å². The van der Waals surface area contributed by atoms with Crippen molar-refractivity contribution >= 4 is 27.8 Å². The van der Waals surface area contributed by atoms with Crippen LogP contribution in [0.3, 0.4) is 0 Å². The summed E-state index contributed by atoms with van der Waals surface area (Å²) in [6.45, 7) is 3.36. The van der Waals surface area contributed by atoms with Crippen LogP contribution >= 0.6 is 15.9 Å². The van der Waals surface area contributed by atoms with E-state index < -0.39 is 18.1 Å². The van der Waals surface area contributed by atoms with E-state index in [9.17, 15) is 9.90 Å². The molecule has 23 heavy (non-hydrogen) atoms. The molecule has 1 aromatic carbocycles. The zero-order valence-electron chi connectivity index (χ0n) is 12.6. The molecule has 2 aromatic rings. The van der Waals surface area contributed by atoms with Crippen LogP contribution in [0.2, 0.25) is 0 Å². The monoisotopic (exact) mass is 377 g/mol. The molecule has 0 bridgehead atoms. The van der Waals surface area contributed by atoms with Crippen molar-refractivity contribution in [1.82, 2.24) is 14.8 Å². The SMILES string of the molecule is CC1=C(C(N)=O)C(c2ccc(Br)cc2)n2nc(C(C)O)nc2N1. The number of amides is 1. The van der Waals surface area contributed by atoms with Crippen LogP contribution in [0, 0.1) is 0 Å². The molecule has 2 atom stereocenters. The largest absolute Gasteiger partial charge is 0.385 e. The van der Waals surface area contributed by atoms with Gasteiger partial charge in [-0.25, -0.2) is 4.68 Å². The van der Waals surface area contributed by atoms with Gasteiger partial charge >= 0.3 is 0 Å². The van der Waals surface area contributed by atoms with Gasteiger partial charge in [-0.2, -0.15) is 10.1 Å². The first kappa shape index (κ1) is 15.7. The fraction of sp³-hybridized carbons (Fsp3) is 0.267. The zero-order valence-corrected chi connectivity index (χ0v) is 14.2. The molecule has 0 radical (unpaired) electrons. The number of hydrogen-bond acceptors (Lipinski definition) is 5. The average Bonchev–Trinajstić information content (AvgIpc) is 2.90. The molecule has 7 nitrogen and oxygen atoms in total. The third-order valence-corrected chi connectivity index (χ3v) is 4.22. The molecule has 1 aliphatic rings. The van der Waals surface area contributed by atoms with Gasteiger partial charge in [0.2, 0.25) is 11.9 Å². The van der Waals surface area contributed by atoms with Crippen molar-refractivity contribution in [3.05, 3.63) is 51.4 Å². The summed E-state index contributed by atoms with van der Waals surface area (Å²) in [5.74, 6) is 0.229. The molecular weight excluding hydrogens is 362 g/mol. The molecule has 0 saturated carbocycles. The standard InChI is InChI=1S/C15H16BrN5O2/c1-7-11(13(17)23)12(9-3-5-10(16)6-4-9)21-15(18-7)19-14(20-21)8(2)22/h3-6,8,12,22H,1-2H3,(H2,17,23)(H,18,19,20). The smallest absolute Gasteiger partial charge is 0.248 e. The summed E-state index contributed by atoms with van der Waals surface area (Å²) in [6, 6.07) is 7.07. The Morgan fingerprint density at radius 1 is 1.43 bits per heavy atom. The van der Waals surface area contributed by atoms with Gasteiger partial charge in [0.1, 0.15) is 12.1 Å². The number of nitrogens with one attached hydrogen (secondary N) is 1. The minimum Gasteiger partial charge on any atom is -0.385 e. The molecule has 0 aliphatic carbocycles. The number of primary amides is 1. The molecule has 120 valence electrons. The highest BCUT2D eigenvalue weighted by Crippen LogP contribution is 2.35. The van der Waals surface area contributed by atoms with Crippen molar-refractivity contribution in [3.8, 4) is 0 Å². The first-order valence-electron chi connectivity index (χ1n) is 7.06. The topological polar surface area (TPSA) is 106 Å². The lowest BCUT2D eigenvalue weighted by molar-refractivity contribution is -0.115. The number of carbonyl (C=O) groups excluding carboxylic acids is 1. The molecule has 0 spiro atoms. The van der Waals surface area contributed by atoms with E-state index >= 15 is 0 Å². The van der Waals surface area contributed by atoms with E-state index in [4.69, 9.17) is 5.73 Å². The number of nitrogens with zero attached hydrogens (tertiary/aromatic N) is 3. The van der Waals surface area contributed by atoms with E-state index in [2.05, 4.69) is 31.3 Å². The van der Waals surface area contributed by atoms with Crippen LogP contribution in [-0.2, 0) is 4.79 Å². The molecule has 8 heteroatoms. The Balaban J connectivity index is 2.19. The van der Waals surface area contributed by atoms with Crippen LogP contribution in [0.15, 0.2) is 40.0 Å². The lowest BCUT2D eigenvalue weighted by Gasteiger charge is -2.27. The van der Waals surface area contributed by atoms with E-state index in [0.717, 1.165) is 10.0 Å². The predicted molar refractivity (Wildman–Crippen MR) is 88.5 cm³/mol. The number of aliphatic hydroxyl groups excluding tert-OH is 1.